The number of carbonyl (C=O) groups is 2. The van der Waals surface area contributed by atoms with Gasteiger partial charge in [0, 0.05) is 22.1 Å². The van der Waals surface area contributed by atoms with Crippen LogP contribution < -0.4 is 0 Å². The molecule has 0 fully saturated rings. The standard InChI is InChI=1S/C20H12N4O2/c25-19-17-9-15-5-3-13(22-15)7-11-1-2-12(21-11)8-14-4-6-16(23-14)10-18(24-17)20(19)26/h1-10,22-23H. The quantitative estimate of drug-likeness (QED) is 0.479. The van der Waals surface area contributed by atoms with E-state index >= 15 is 0 Å². The van der Waals surface area contributed by atoms with Gasteiger partial charge in [0.05, 0.1) is 11.4 Å². The number of ketones is 2. The molecule has 3 aromatic rings. The predicted octanol–water partition coefficient (Wildman–Crippen LogP) is 3.55. The zero-order valence-electron chi connectivity index (χ0n) is 13.5. The number of hydrogen-bond acceptors (Lipinski definition) is 4. The molecule has 3 aromatic heterocycles. The highest BCUT2D eigenvalue weighted by Crippen LogP contribution is 2.16. The molecular formula is C20H12N4O2. The lowest BCUT2D eigenvalue weighted by Gasteiger charge is -1.84. The summed E-state index contributed by atoms with van der Waals surface area (Å²) in [6.07, 6.45) is 3.88. The van der Waals surface area contributed by atoms with Crippen molar-refractivity contribution in [3.8, 4) is 0 Å². The van der Waals surface area contributed by atoms with E-state index in [1.807, 2.05) is 48.6 Å². The maximum atomic E-state index is 12.2. The third kappa shape index (κ3) is 2.44. The number of aromatic nitrogens is 4. The Morgan fingerprint density at radius 1 is 0.577 bits per heavy atom. The van der Waals surface area contributed by atoms with E-state index in [1.165, 1.54) is 0 Å². The summed E-state index contributed by atoms with van der Waals surface area (Å²) in [5.41, 5.74) is 5.02. The van der Waals surface area contributed by atoms with Crippen molar-refractivity contribution in [2.24, 2.45) is 0 Å². The summed E-state index contributed by atoms with van der Waals surface area (Å²) in [4.78, 5) is 39.5. The molecule has 0 saturated carbocycles. The van der Waals surface area contributed by atoms with Crippen LogP contribution in [0.3, 0.4) is 0 Å². The fraction of sp³-hybridized carbons (Fsp3) is 0. The zero-order valence-corrected chi connectivity index (χ0v) is 13.5. The van der Waals surface area contributed by atoms with Crippen LogP contribution in [-0.2, 0) is 0 Å². The third-order valence-electron chi connectivity index (χ3n) is 4.25. The van der Waals surface area contributed by atoms with Crippen molar-refractivity contribution in [3.05, 3.63) is 71.3 Å². The van der Waals surface area contributed by atoms with Gasteiger partial charge in [0.2, 0.25) is 0 Å². The SMILES string of the molecule is O=C1C(=O)c2cc3ccc(cc4nc(cc5ccc(cc1n2)[nH]5)C=C4)[nH]3. The molecule has 2 N–H and O–H groups in total. The number of fused-ring (bicyclic) bond motifs is 8. The average Bonchev–Trinajstić information content (AvgIpc) is 3.38. The van der Waals surface area contributed by atoms with E-state index in [0.29, 0.717) is 11.0 Å². The van der Waals surface area contributed by atoms with E-state index in [2.05, 4.69) is 19.9 Å². The molecule has 124 valence electrons. The molecule has 0 spiro atoms. The topological polar surface area (TPSA) is 91.5 Å². The molecule has 6 heteroatoms. The molecule has 8 bridgehead atoms. The summed E-state index contributed by atoms with van der Waals surface area (Å²) in [5, 5.41) is 0. The van der Waals surface area contributed by atoms with Gasteiger partial charge in [-0.05, 0) is 60.7 Å². The summed E-state index contributed by atoms with van der Waals surface area (Å²) in [5.74, 6) is -1.19. The highest BCUT2D eigenvalue weighted by Gasteiger charge is 2.26. The Bertz CT molecular complexity index is 1180. The van der Waals surface area contributed by atoms with E-state index in [1.54, 1.807) is 12.1 Å². The van der Waals surface area contributed by atoms with Crippen LogP contribution in [0.1, 0.15) is 32.4 Å². The molecule has 26 heavy (non-hydrogen) atoms. The van der Waals surface area contributed by atoms with Gasteiger partial charge in [-0.25, -0.2) is 9.97 Å². The lowest BCUT2D eigenvalue weighted by Crippen LogP contribution is -2.06. The number of nitrogens with one attached hydrogen (secondary N) is 2. The van der Waals surface area contributed by atoms with Crippen LogP contribution in [0.4, 0.5) is 0 Å². The zero-order chi connectivity index (χ0) is 17.7. The van der Waals surface area contributed by atoms with E-state index in [0.717, 1.165) is 22.4 Å². The van der Waals surface area contributed by atoms with Crippen molar-refractivity contribution >= 4 is 45.8 Å². The van der Waals surface area contributed by atoms with E-state index < -0.39 is 11.6 Å². The molecule has 0 aromatic carbocycles. The van der Waals surface area contributed by atoms with Crippen LogP contribution in [-0.4, -0.2) is 31.5 Å². The molecule has 2 aliphatic heterocycles. The molecule has 0 aliphatic carbocycles. The first-order chi connectivity index (χ1) is 12.6. The minimum absolute atomic E-state index is 0.133. The van der Waals surface area contributed by atoms with Gasteiger partial charge in [0.15, 0.2) is 0 Å². The van der Waals surface area contributed by atoms with Gasteiger partial charge in [0.25, 0.3) is 11.6 Å². The number of Topliss-reactive ketones (excluding diaryl/α,β-unsaturated/α-hetero) is 2. The second-order valence-electron chi connectivity index (χ2n) is 6.15. The molecular weight excluding hydrogens is 328 g/mol. The number of nitrogens with zero attached hydrogens (tertiary/aromatic N) is 2. The molecule has 5 rings (SSSR count). The second-order valence-corrected chi connectivity index (χ2v) is 6.15. The molecule has 6 nitrogen and oxygen atoms in total. The Labute approximate surface area is 147 Å². The Balaban J connectivity index is 1.88. The highest BCUT2D eigenvalue weighted by molar-refractivity contribution is 6.50. The Hall–Kier alpha value is -3.80. The summed E-state index contributed by atoms with van der Waals surface area (Å²) in [7, 11) is 0. The molecule has 0 atom stereocenters. The monoisotopic (exact) mass is 340 g/mol. The Morgan fingerprint density at radius 3 is 1.46 bits per heavy atom. The average molecular weight is 340 g/mol. The smallest absolute Gasteiger partial charge is 0.253 e. The van der Waals surface area contributed by atoms with Gasteiger partial charge in [-0.1, -0.05) is 0 Å². The van der Waals surface area contributed by atoms with Crippen LogP contribution in [0.15, 0.2) is 48.5 Å². The molecule has 0 radical (unpaired) electrons. The second kappa shape index (κ2) is 5.35. The largest absolute Gasteiger partial charge is 0.355 e. The van der Waals surface area contributed by atoms with Crippen molar-refractivity contribution in [2.75, 3.05) is 0 Å². The van der Waals surface area contributed by atoms with Gasteiger partial charge in [-0.2, -0.15) is 0 Å². The summed E-state index contributed by atoms with van der Waals surface area (Å²) >= 11 is 0. The Kier molecular flexibility index (Phi) is 2.99. The molecule has 5 heterocycles. The van der Waals surface area contributed by atoms with E-state index in [9.17, 15) is 9.59 Å². The fourth-order valence-corrected chi connectivity index (χ4v) is 3.02. The lowest BCUT2D eigenvalue weighted by atomic mass is 10.2. The van der Waals surface area contributed by atoms with Crippen molar-refractivity contribution in [1.29, 1.82) is 0 Å². The number of carbonyl (C=O) groups excluding carboxylic acids is 2. The molecule has 0 saturated heterocycles. The maximum absolute atomic E-state index is 12.2. The van der Waals surface area contributed by atoms with Crippen molar-refractivity contribution < 1.29 is 9.59 Å². The van der Waals surface area contributed by atoms with Crippen LogP contribution >= 0.6 is 0 Å². The lowest BCUT2D eigenvalue weighted by molar-refractivity contribution is 0.0825. The third-order valence-corrected chi connectivity index (χ3v) is 4.25. The normalized spacial score (nSPS) is 13.4. The fourth-order valence-electron chi connectivity index (χ4n) is 3.02. The number of H-pyrrole nitrogens is 2. The predicted molar refractivity (Wildman–Crippen MR) is 98.6 cm³/mol. The molecule has 0 unspecified atom stereocenters. The minimum atomic E-state index is -0.596. The summed E-state index contributed by atoms with van der Waals surface area (Å²) in [6.45, 7) is 0. The van der Waals surface area contributed by atoms with Crippen molar-refractivity contribution in [1.82, 2.24) is 19.9 Å². The number of aromatic amines is 2. The number of hydrogen-bond donors (Lipinski definition) is 2. The maximum Gasteiger partial charge on any atom is 0.253 e. The van der Waals surface area contributed by atoms with Crippen molar-refractivity contribution in [2.45, 2.75) is 0 Å². The highest BCUT2D eigenvalue weighted by atomic mass is 16.2. The minimum Gasteiger partial charge on any atom is -0.355 e. The van der Waals surface area contributed by atoms with Gasteiger partial charge in [-0.15, -0.1) is 0 Å². The van der Waals surface area contributed by atoms with Gasteiger partial charge in [-0.3, -0.25) is 9.59 Å². The van der Waals surface area contributed by atoms with Gasteiger partial charge < -0.3 is 9.97 Å². The molecule has 2 aliphatic rings. The van der Waals surface area contributed by atoms with Crippen LogP contribution in [0.25, 0.3) is 34.2 Å². The Morgan fingerprint density at radius 2 is 1.00 bits per heavy atom. The van der Waals surface area contributed by atoms with E-state index in [4.69, 9.17) is 0 Å². The summed E-state index contributed by atoms with van der Waals surface area (Å²) < 4.78 is 0. The van der Waals surface area contributed by atoms with Crippen molar-refractivity contribution in [3.63, 3.8) is 0 Å². The number of rotatable bonds is 0. The van der Waals surface area contributed by atoms with E-state index in [-0.39, 0.29) is 11.4 Å². The van der Waals surface area contributed by atoms with Crippen LogP contribution in [0, 0.1) is 0 Å². The van der Waals surface area contributed by atoms with Gasteiger partial charge >= 0.3 is 0 Å². The molecule has 0 amide bonds. The first kappa shape index (κ1) is 14.5. The first-order valence-electron chi connectivity index (χ1n) is 8.09. The van der Waals surface area contributed by atoms with Gasteiger partial charge in [0.1, 0.15) is 11.4 Å². The summed E-state index contributed by atoms with van der Waals surface area (Å²) in [6, 6.07) is 14.4. The van der Waals surface area contributed by atoms with Crippen LogP contribution in [0.2, 0.25) is 0 Å². The first-order valence-corrected chi connectivity index (χ1v) is 8.09. The van der Waals surface area contributed by atoms with Crippen LogP contribution in [0.5, 0.6) is 0 Å².